The highest BCUT2D eigenvalue weighted by Crippen LogP contribution is 2.20. The predicted octanol–water partition coefficient (Wildman–Crippen LogP) is 4.53. The molecule has 0 atom stereocenters. The molecule has 17 heavy (non-hydrogen) atoms. The number of hydrogen-bond donors (Lipinski definition) is 1. The van der Waals surface area contributed by atoms with Gasteiger partial charge in [0.1, 0.15) is 0 Å². The largest absolute Gasteiger partial charge is 0.385 e. The summed E-state index contributed by atoms with van der Waals surface area (Å²) in [6.45, 7) is 2.97. The second-order valence-electron chi connectivity index (χ2n) is 3.62. The highest BCUT2D eigenvalue weighted by molar-refractivity contribution is 5.53. The fourth-order valence-electron chi connectivity index (χ4n) is 1.49. The maximum absolute atomic E-state index is 4.20. The molecule has 0 unspecified atom stereocenters. The summed E-state index contributed by atoms with van der Waals surface area (Å²) in [5.41, 5.74) is 2.78. The molecule has 0 aliphatic rings. The number of azo groups is 1. The quantitative estimate of drug-likeness (QED) is 0.762. The third-order valence-corrected chi connectivity index (χ3v) is 2.26. The van der Waals surface area contributed by atoms with E-state index in [1.807, 2.05) is 54.6 Å². The maximum atomic E-state index is 4.20. The van der Waals surface area contributed by atoms with Crippen LogP contribution in [0.15, 0.2) is 64.8 Å². The first-order valence-corrected chi connectivity index (χ1v) is 5.69. The van der Waals surface area contributed by atoms with E-state index in [9.17, 15) is 0 Å². The van der Waals surface area contributed by atoms with Crippen molar-refractivity contribution in [3.63, 3.8) is 0 Å². The van der Waals surface area contributed by atoms with Crippen LogP contribution in [0.3, 0.4) is 0 Å². The summed E-state index contributed by atoms with van der Waals surface area (Å²) in [6, 6.07) is 17.6. The molecule has 2 aromatic carbocycles. The molecular formula is C14H15N3. The van der Waals surface area contributed by atoms with E-state index in [1.54, 1.807) is 0 Å². The van der Waals surface area contributed by atoms with E-state index in [4.69, 9.17) is 0 Å². The minimum absolute atomic E-state index is 0.854. The lowest BCUT2D eigenvalue weighted by molar-refractivity contribution is 1.20. The molecule has 0 saturated heterocycles. The first-order chi connectivity index (χ1) is 8.38. The molecule has 0 fully saturated rings. The van der Waals surface area contributed by atoms with Gasteiger partial charge in [0.25, 0.3) is 0 Å². The van der Waals surface area contributed by atoms with Crippen molar-refractivity contribution < 1.29 is 0 Å². The molecule has 0 aliphatic carbocycles. The molecule has 3 nitrogen and oxygen atoms in total. The van der Waals surface area contributed by atoms with E-state index in [-0.39, 0.29) is 0 Å². The summed E-state index contributed by atoms with van der Waals surface area (Å²) in [7, 11) is 0. The van der Waals surface area contributed by atoms with Gasteiger partial charge in [-0.1, -0.05) is 24.3 Å². The second kappa shape index (κ2) is 5.80. The number of benzene rings is 2. The Balaban J connectivity index is 2.13. The Labute approximate surface area is 101 Å². The molecule has 0 radical (unpaired) electrons. The van der Waals surface area contributed by atoms with Crippen LogP contribution in [0.1, 0.15) is 6.92 Å². The first kappa shape index (κ1) is 11.3. The van der Waals surface area contributed by atoms with Gasteiger partial charge in [-0.2, -0.15) is 10.2 Å². The summed E-state index contributed by atoms with van der Waals surface area (Å²) in [5, 5.41) is 11.6. The van der Waals surface area contributed by atoms with Crippen LogP contribution in [0.2, 0.25) is 0 Å². The third-order valence-electron chi connectivity index (χ3n) is 2.26. The zero-order valence-corrected chi connectivity index (χ0v) is 9.80. The van der Waals surface area contributed by atoms with Crippen molar-refractivity contribution in [3.05, 3.63) is 54.6 Å². The van der Waals surface area contributed by atoms with E-state index < -0.39 is 0 Å². The molecule has 3 heteroatoms. The van der Waals surface area contributed by atoms with E-state index in [0.717, 1.165) is 23.6 Å². The van der Waals surface area contributed by atoms with Gasteiger partial charge in [0.2, 0.25) is 0 Å². The fraction of sp³-hybridized carbons (Fsp3) is 0.143. The average Bonchev–Trinajstić information content (AvgIpc) is 2.39. The van der Waals surface area contributed by atoms with Crippen LogP contribution in [0, 0.1) is 0 Å². The van der Waals surface area contributed by atoms with Crippen molar-refractivity contribution in [1.29, 1.82) is 0 Å². The number of nitrogens with zero attached hydrogens (tertiary/aromatic N) is 2. The molecule has 0 aliphatic heterocycles. The van der Waals surface area contributed by atoms with Gasteiger partial charge in [0, 0.05) is 12.2 Å². The normalized spacial score (nSPS) is 10.6. The van der Waals surface area contributed by atoms with Gasteiger partial charge in [-0.05, 0) is 37.3 Å². The molecule has 0 aromatic heterocycles. The van der Waals surface area contributed by atoms with E-state index in [2.05, 4.69) is 22.5 Å². The highest BCUT2D eigenvalue weighted by Gasteiger charge is 1.93. The van der Waals surface area contributed by atoms with Crippen LogP contribution < -0.4 is 5.32 Å². The van der Waals surface area contributed by atoms with Crippen LogP contribution >= 0.6 is 0 Å². The second-order valence-corrected chi connectivity index (χ2v) is 3.62. The topological polar surface area (TPSA) is 36.8 Å². The summed E-state index contributed by atoms with van der Waals surface area (Å²) >= 11 is 0. The molecule has 0 saturated carbocycles. The SMILES string of the molecule is CCNc1cccc(N=Nc2ccccc2)c1. The molecule has 1 N–H and O–H groups in total. The Hall–Kier alpha value is -2.16. The lowest BCUT2D eigenvalue weighted by Gasteiger charge is -2.02. The molecule has 0 bridgehead atoms. The van der Waals surface area contributed by atoms with E-state index in [1.165, 1.54) is 0 Å². The first-order valence-electron chi connectivity index (χ1n) is 5.69. The average molecular weight is 225 g/mol. The monoisotopic (exact) mass is 225 g/mol. The smallest absolute Gasteiger partial charge is 0.0877 e. The number of nitrogens with one attached hydrogen (secondary N) is 1. The van der Waals surface area contributed by atoms with Crippen molar-refractivity contribution >= 4 is 17.1 Å². The molecular weight excluding hydrogens is 210 g/mol. The standard InChI is InChI=1S/C14H15N3/c1-2-15-13-9-6-10-14(11-13)17-16-12-7-4-3-5-8-12/h3-11,15H,2H2,1H3. The lowest BCUT2D eigenvalue weighted by Crippen LogP contribution is -1.94. The Morgan fingerprint density at radius 3 is 2.35 bits per heavy atom. The number of rotatable bonds is 4. The van der Waals surface area contributed by atoms with Crippen LogP contribution in [0.25, 0.3) is 0 Å². The zero-order valence-electron chi connectivity index (χ0n) is 9.80. The molecule has 0 heterocycles. The van der Waals surface area contributed by atoms with Gasteiger partial charge >= 0.3 is 0 Å². The van der Waals surface area contributed by atoms with Crippen LogP contribution in [0.5, 0.6) is 0 Å². The van der Waals surface area contributed by atoms with Crippen LogP contribution in [0.4, 0.5) is 17.1 Å². The van der Waals surface area contributed by atoms with Gasteiger partial charge in [0.05, 0.1) is 11.4 Å². The van der Waals surface area contributed by atoms with Gasteiger partial charge in [-0.3, -0.25) is 0 Å². The minimum atomic E-state index is 0.854. The Morgan fingerprint density at radius 2 is 1.59 bits per heavy atom. The van der Waals surface area contributed by atoms with Crippen molar-refractivity contribution in [3.8, 4) is 0 Å². The molecule has 0 spiro atoms. The van der Waals surface area contributed by atoms with Gasteiger partial charge < -0.3 is 5.32 Å². The van der Waals surface area contributed by atoms with Crippen molar-refractivity contribution in [2.24, 2.45) is 10.2 Å². The molecule has 2 aromatic rings. The van der Waals surface area contributed by atoms with E-state index in [0.29, 0.717) is 0 Å². The van der Waals surface area contributed by atoms with Gasteiger partial charge in [-0.25, -0.2) is 0 Å². The zero-order chi connectivity index (χ0) is 11.9. The number of anilines is 1. The summed E-state index contributed by atoms with van der Waals surface area (Å²) in [6.07, 6.45) is 0. The number of hydrogen-bond acceptors (Lipinski definition) is 3. The van der Waals surface area contributed by atoms with Gasteiger partial charge in [-0.15, -0.1) is 0 Å². The minimum Gasteiger partial charge on any atom is -0.385 e. The Kier molecular flexibility index (Phi) is 3.86. The Morgan fingerprint density at radius 1 is 0.882 bits per heavy atom. The Bertz CT molecular complexity index is 492. The molecule has 86 valence electrons. The third kappa shape index (κ3) is 3.41. The van der Waals surface area contributed by atoms with Gasteiger partial charge in [0.15, 0.2) is 0 Å². The van der Waals surface area contributed by atoms with E-state index >= 15 is 0 Å². The molecule has 0 amide bonds. The summed E-state index contributed by atoms with van der Waals surface area (Å²) < 4.78 is 0. The summed E-state index contributed by atoms with van der Waals surface area (Å²) in [5.74, 6) is 0. The lowest BCUT2D eigenvalue weighted by atomic mass is 10.3. The summed E-state index contributed by atoms with van der Waals surface area (Å²) in [4.78, 5) is 0. The highest BCUT2D eigenvalue weighted by atomic mass is 15.1. The predicted molar refractivity (Wildman–Crippen MR) is 71.2 cm³/mol. The molecule has 2 rings (SSSR count). The van der Waals surface area contributed by atoms with Crippen molar-refractivity contribution in [1.82, 2.24) is 0 Å². The van der Waals surface area contributed by atoms with Crippen molar-refractivity contribution in [2.45, 2.75) is 6.92 Å². The fourth-order valence-corrected chi connectivity index (χ4v) is 1.49. The maximum Gasteiger partial charge on any atom is 0.0877 e. The van der Waals surface area contributed by atoms with Crippen LogP contribution in [-0.4, -0.2) is 6.54 Å². The van der Waals surface area contributed by atoms with Crippen LogP contribution in [-0.2, 0) is 0 Å². The van der Waals surface area contributed by atoms with Crippen molar-refractivity contribution in [2.75, 3.05) is 11.9 Å².